The molecule has 1 aromatic rings. The summed E-state index contributed by atoms with van der Waals surface area (Å²) in [5.74, 6) is 1.71. The number of hydrogen-bond acceptors (Lipinski definition) is 1. The lowest BCUT2D eigenvalue weighted by atomic mass is 9.79. The maximum Gasteiger partial charge on any atom is 0.0294 e. The molecule has 1 fully saturated rings. The molecule has 1 N–H and O–H groups in total. The van der Waals surface area contributed by atoms with Crippen molar-refractivity contribution in [1.29, 1.82) is 0 Å². The Kier molecular flexibility index (Phi) is 4.67. The van der Waals surface area contributed by atoms with Crippen LogP contribution in [0, 0.1) is 25.7 Å². The number of benzene rings is 1. The van der Waals surface area contributed by atoms with E-state index in [9.17, 15) is 0 Å². The van der Waals surface area contributed by atoms with E-state index in [0.717, 1.165) is 11.8 Å². The maximum atomic E-state index is 3.85. The van der Waals surface area contributed by atoms with Gasteiger partial charge < -0.3 is 5.32 Å². The largest absolute Gasteiger partial charge is 0.307 e. The van der Waals surface area contributed by atoms with Crippen LogP contribution in [0.3, 0.4) is 0 Å². The minimum Gasteiger partial charge on any atom is -0.307 e. The molecule has 1 nitrogen and oxygen atoms in total. The van der Waals surface area contributed by atoms with Gasteiger partial charge in [-0.2, -0.15) is 0 Å². The van der Waals surface area contributed by atoms with Crippen LogP contribution in [0.15, 0.2) is 18.2 Å². The third kappa shape index (κ3) is 3.60. The van der Waals surface area contributed by atoms with E-state index in [1.54, 1.807) is 0 Å². The highest BCUT2D eigenvalue weighted by molar-refractivity contribution is 5.31. The Hall–Kier alpha value is -0.820. The molecule has 106 valence electrons. The number of rotatable bonds is 3. The average molecular weight is 259 g/mol. The van der Waals surface area contributed by atoms with Crippen molar-refractivity contribution in [2.45, 2.75) is 66.0 Å². The van der Waals surface area contributed by atoms with Crippen LogP contribution in [0.25, 0.3) is 0 Å². The molecule has 1 saturated carbocycles. The predicted octanol–water partition coefficient (Wildman–Crippen LogP) is 4.78. The molecule has 4 unspecified atom stereocenters. The second kappa shape index (κ2) is 6.09. The van der Waals surface area contributed by atoms with Crippen molar-refractivity contribution in [3.05, 3.63) is 34.9 Å². The van der Waals surface area contributed by atoms with Gasteiger partial charge in [0.2, 0.25) is 0 Å². The topological polar surface area (TPSA) is 12.0 Å². The minimum atomic E-state index is 0.458. The molecule has 0 aliphatic heterocycles. The number of nitrogens with one attached hydrogen (secondary N) is 1. The van der Waals surface area contributed by atoms with E-state index < -0.39 is 0 Å². The van der Waals surface area contributed by atoms with Gasteiger partial charge in [0.15, 0.2) is 0 Å². The van der Waals surface area contributed by atoms with Crippen LogP contribution < -0.4 is 5.32 Å². The normalized spacial score (nSPS) is 29.2. The standard InChI is InChI=1S/C18H29N/c1-12-6-9-18(15(4)10-12)19-16(5)17-8-7-13(2)14(3)11-17/h7-8,11-12,15-16,18-19H,6,9-10H2,1-5H3. The molecule has 0 radical (unpaired) electrons. The Bertz CT molecular complexity index is 424. The molecule has 0 heterocycles. The molecule has 0 aromatic heterocycles. The van der Waals surface area contributed by atoms with E-state index in [1.165, 1.54) is 36.0 Å². The Morgan fingerprint density at radius 2 is 1.84 bits per heavy atom. The van der Waals surface area contributed by atoms with Gasteiger partial charge in [0.1, 0.15) is 0 Å². The van der Waals surface area contributed by atoms with Crippen LogP contribution in [0.4, 0.5) is 0 Å². The Morgan fingerprint density at radius 1 is 1.11 bits per heavy atom. The molecule has 0 bridgehead atoms. The van der Waals surface area contributed by atoms with E-state index in [2.05, 4.69) is 58.1 Å². The lowest BCUT2D eigenvalue weighted by Crippen LogP contribution is -2.40. The van der Waals surface area contributed by atoms with Gasteiger partial charge in [0.25, 0.3) is 0 Å². The Labute approximate surface area is 118 Å². The molecule has 1 heteroatoms. The average Bonchev–Trinajstić information content (AvgIpc) is 2.36. The summed E-state index contributed by atoms with van der Waals surface area (Å²) in [7, 11) is 0. The van der Waals surface area contributed by atoms with Crippen LogP contribution in [0.1, 0.15) is 62.8 Å². The van der Waals surface area contributed by atoms with Crippen molar-refractivity contribution in [1.82, 2.24) is 5.32 Å². The summed E-state index contributed by atoms with van der Waals surface area (Å²) < 4.78 is 0. The first-order valence-electron chi connectivity index (χ1n) is 7.80. The molecule has 0 saturated heterocycles. The van der Waals surface area contributed by atoms with Crippen LogP contribution >= 0.6 is 0 Å². The third-order valence-electron chi connectivity index (χ3n) is 4.93. The smallest absolute Gasteiger partial charge is 0.0294 e. The molecule has 1 aliphatic rings. The van der Waals surface area contributed by atoms with Gasteiger partial charge in [-0.3, -0.25) is 0 Å². The summed E-state index contributed by atoms with van der Waals surface area (Å²) in [5.41, 5.74) is 4.21. The van der Waals surface area contributed by atoms with Gasteiger partial charge in [-0.1, -0.05) is 32.0 Å². The lowest BCUT2D eigenvalue weighted by Gasteiger charge is -2.35. The second-order valence-electron chi connectivity index (χ2n) is 6.73. The van der Waals surface area contributed by atoms with Gasteiger partial charge >= 0.3 is 0 Å². The van der Waals surface area contributed by atoms with Crippen LogP contribution in [0.5, 0.6) is 0 Å². The fraction of sp³-hybridized carbons (Fsp3) is 0.667. The van der Waals surface area contributed by atoms with Gasteiger partial charge in [0, 0.05) is 12.1 Å². The maximum absolute atomic E-state index is 3.85. The SMILES string of the molecule is Cc1ccc(C(C)NC2CCC(C)CC2C)cc1C. The highest BCUT2D eigenvalue weighted by Gasteiger charge is 2.26. The predicted molar refractivity (Wildman–Crippen MR) is 83.4 cm³/mol. The summed E-state index contributed by atoms with van der Waals surface area (Å²) in [4.78, 5) is 0. The van der Waals surface area contributed by atoms with Crippen molar-refractivity contribution in [2.24, 2.45) is 11.8 Å². The van der Waals surface area contributed by atoms with E-state index in [4.69, 9.17) is 0 Å². The monoisotopic (exact) mass is 259 g/mol. The number of aryl methyl sites for hydroxylation is 2. The summed E-state index contributed by atoms with van der Waals surface area (Å²) in [6, 6.07) is 8.00. The fourth-order valence-corrected chi connectivity index (χ4v) is 3.36. The van der Waals surface area contributed by atoms with Crippen molar-refractivity contribution in [3.63, 3.8) is 0 Å². The van der Waals surface area contributed by atoms with Crippen molar-refractivity contribution < 1.29 is 0 Å². The van der Waals surface area contributed by atoms with Crippen LogP contribution in [-0.4, -0.2) is 6.04 Å². The van der Waals surface area contributed by atoms with Crippen LogP contribution in [-0.2, 0) is 0 Å². The van der Waals surface area contributed by atoms with Gasteiger partial charge in [-0.25, -0.2) is 0 Å². The second-order valence-corrected chi connectivity index (χ2v) is 6.73. The van der Waals surface area contributed by atoms with E-state index in [-0.39, 0.29) is 0 Å². The zero-order valence-corrected chi connectivity index (χ0v) is 13.2. The Morgan fingerprint density at radius 3 is 2.47 bits per heavy atom. The van der Waals surface area contributed by atoms with Gasteiger partial charge in [-0.15, -0.1) is 0 Å². The molecule has 4 atom stereocenters. The van der Waals surface area contributed by atoms with Crippen molar-refractivity contribution in [2.75, 3.05) is 0 Å². The first-order chi connectivity index (χ1) is 8.97. The first kappa shape index (κ1) is 14.6. The zero-order chi connectivity index (χ0) is 14.0. The molecule has 19 heavy (non-hydrogen) atoms. The molecule has 0 amide bonds. The highest BCUT2D eigenvalue weighted by atomic mass is 15.0. The Balaban J connectivity index is 2.00. The van der Waals surface area contributed by atoms with Gasteiger partial charge in [-0.05, 0) is 68.6 Å². The summed E-state index contributed by atoms with van der Waals surface area (Å²) >= 11 is 0. The molecule has 2 rings (SSSR count). The molecular formula is C18H29N. The first-order valence-corrected chi connectivity index (χ1v) is 7.80. The molecule has 0 spiro atoms. The van der Waals surface area contributed by atoms with Crippen LogP contribution in [0.2, 0.25) is 0 Å². The summed E-state index contributed by atoms with van der Waals surface area (Å²) in [6.07, 6.45) is 4.08. The summed E-state index contributed by atoms with van der Waals surface area (Å²) in [6.45, 7) is 11.5. The van der Waals surface area contributed by atoms with E-state index in [0.29, 0.717) is 12.1 Å². The van der Waals surface area contributed by atoms with E-state index >= 15 is 0 Å². The van der Waals surface area contributed by atoms with Gasteiger partial charge in [0.05, 0.1) is 0 Å². The van der Waals surface area contributed by atoms with Crippen molar-refractivity contribution >= 4 is 0 Å². The van der Waals surface area contributed by atoms with E-state index in [1.807, 2.05) is 0 Å². The number of hydrogen-bond donors (Lipinski definition) is 1. The third-order valence-corrected chi connectivity index (χ3v) is 4.93. The fourth-order valence-electron chi connectivity index (χ4n) is 3.36. The lowest BCUT2D eigenvalue weighted by molar-refractivity contribution is 0.216. The summed E-state index contributed by atoms with van der Waals surface area (Å²) in [5, 5.41) is 3.85. The quantitative estimate of drug-likeness (QED) is 0.824. The highest BCUT2D eigenvalue weighted by Crippen LogP contribution is 2.30. The zero-order valence-electron chi connectivity index (χ0n) is 13.2. The molecular weight excluding hydrogens is 230 g/mol. The van der Waals surface area contributed by atoms with Crippen molar-refractivity contribution in [3.8, 4) is 0 Å². The minimum absolute atomic E-state index is 0.458. The molecule has 1 aliphatic carbocycles. The molecule has 1 aromatic carbocycles.